The molecule has 0 radical (unpaired) electrons. The first-order valence-corrected chi connectivity index (χ1v) is 10.1. The lowest BCUT2D eigenvalue weighted by atomic mass is 10.0. The molecule has 0 aliphatic carbocycles. The molecule has 0 spiro atoms. The maximum absolute atomic E-state index is 13.2. The average Bonchev–Trinajstić information content (AvgIpc) is 3.03. The number of piperidine rings is 1. The van der Waals surface area contributed by atoms with Crippen molar-refractivity contribution in [3.8, 4) is 5.75 Å². The van der Waals surface area contributed by atoms with Gasteiger partial charge in [-0.2, -0.15) is 0 Å². The van der Waals surface area contributed by atoms with Gasteiger partial charge in [0.05, 0.1) is 11.1 Å². The Morgan fingerprint density at radius 3 is 2.58 bits per heavy atom. The number of benzene rings is 3. The number of allylic oxidation sites excluding steroid dienone is 1. The molecule has 6 heteroatoms. The fraction of sp³-hybridized carbons (Fsp3) is 0.160. The molecule has 3 aromatic carbocycles. The summed E-state index contributed by atoms with van der Waals surface area (Å²) in [6.07, 6.45) is 0.887. The van der Waals surface area contributed by atoms with Gasteiger partial charge in [0, 0.05) is 5.70 Å². The second-order valence-corrected chi connectivity index (χ2v) is 7.78. The number of hydrogen-bond donors (Lipinski definition) is 1. The highest BCUT2D eigenvalue weighted by Gasteiger charge is 2.45. The minimum Gasteiger partial charge on any atom is -0.488 e. The zero-order chi connectivity index (χ0) is 21.5. The van der Waals surface area contributed by atoms with Gasteiger partial charge in [-0.25, -0.2) is 0 Å². The lowest BCUT2D eigenvalue weighted by Crippen LogP contribution is -2.51. The van der Waals surface area contributed by atoms with E-state index in [9.17, 15) is 14.4 Å². The predicted molar refractivity (Wildman–Crippen MR) is 116 cm³/mol. The van der Waals surface area contributed by atoms with E-state index in [2.05, 4.69) is 11.9 Å². The monoisotopic (exact) mass is 412 g/mol. The quantitative estimate of drug-likeness (QED) is 0.662. The van der Waals surface area contributed by atoms with Crippen molar-refractivity contribution >= 4 is 28.5 Å². The molecule has 0 aromatic heterocycles. The minimum atomic E-state index is -0.841. The van der Waals surface area contributed by atoms with Crippen molar-refractivity contribution < 1.29 is 19.1 Å². The molecule has 1 saturated heterocycles. The molecule has 2 heterocycles. The molecule has 3 amide bonds. The minimum absolute atomic E-state index is 0.213. The Bertz CT molecular complexity index is 1260. The number of nitrogens with zero attached hydrogens (tertiary/aromatic N) is 1. The van der Waals surface area contributed by atoms with Gasteiger partial charge in [-0.15, -0.1) is 0 Å². The molecule has 2 aliphatic heterocycles. The third-order valence-electron chi connectivity index (χ3n) is 5.75. The van der Waals surface area contributed by atoms with Crippen LogP contribution in [0.5, 0.6) is 5.75 Å². The Morgan fingerprint density at radius 2 is 1.77 bits per heavy atom. The fourth-order valence-electron chi connectivity index (χ4n) is 4.17. The summed E-state index contributed by atoms with van der Waals surface area (Å²) in [6.45, 7) is 4.01. The van der Waals surface area contributed by atoms with Crippen LogP contribution in [0, 0.1) is 0 Å². The van der Waals surface area contributed by atoms with Gasteiger partial charge in [0.1, 0.15) is 18.4 Å². The van der Waals surface area contributed by atoms with Gasteiger partial charge in [-0.05, 0) is 47.4 Å². The van der Waals surface area contributed by atoms with Crippen LogP contribution in [0.2, 0.25) is 0 Å². The number of rotatable bonds is 4. The van der Waals surface area contributed by atoms with E-state index < -0.39 is 17.9 Å². The summed E-state index contributed by atoms with van der Waals surface area (Å²) in [6, 6.07) is 18.2. The highest BCUT2D eigenvalue weighted by Crippen LogP contribution is 2.34. The van der Waals surface area contributed by atoms with Crippen molar-refractivity contribution in [2.75, 3.05) is 0 Å². The van der Waals surface area contributed by atoms with Crippen LogP contribution in [0.3, 0.4) is 0 Å². The number of hydrogen-bond acceptors (Lipinski definition) is 4. The number of imide groups is 1. The van der Waals surface area contributed by atoms with E-state index in [1.807, 2.05) is 42.5 Å². The van der Waals surface area contributed by atoms with Gasteiger partial charge in [-0.1, -0.05) is 49.0 Å². The number of carbonyl (C=O) groups excluding carboxylic acids is 3. The van der Waals surface area contributed by atoms with Crippen molar-refractivity contribution in [1.82, 2.24) is 10.2 Å². The number of fused-ring (bicyclic) bond motifs is 2. The van der Waals surface area contributed by atoms with Crippen LogP contribution in [0.1, 0.15) is 39.1 Å². The maximum atomic E-state index is 13.2. The zero-order valence-electron chi connectivity index (χ0n) is 16.8. The Morgan fingerprint density at radius 1 is 0.968 bits per heavy atom. The SMILES string of the molecule is C=C1CCC(N2C(=O)c3cccc(OCc4ccc5ccccc5c4)c3C2=O)C(=O)N1. The number of carbonyl (C=O) groups is 3. The Balaban J connectivity index is 1.41. The zero-order valence-corrected chi connectivity index (χ0v) is 16.8. The average molecular weight is 412 g/mol. The molecule has 5 rings (SSSR count). The first-order chi connectivity index (χ1) is 15.0. The van der Waals surface area contributed by atoms with E-state index >= 15 is 0 Å². The molecule has 0 bridgehead atoms. The van der Waals surface area contributed by atoms with Crippen LogP contribution < -0.4 is 10.1 Å². The van der Waals surface area contributed by atoms with E-state index in [1.54, 1.807) is 18.2 Å². The second-order valence-electron chi connectivity index (χ2n) is 7.78. The van der Waals surface area contributed by atoms with Crippen LogP contribution in [-0.4, -0.2) is 28.7 Å². The first-order valence-electron chi connectivity index (χ1n) is 10.1. The summed E-state index contributed by atoms with van der Waals surface area (Å²) < 4.78 is 5.97. The molecular formula is C25H20N2O4. The normalized spacial score (nSPS) is 18.3. The second kappa shape index (κ2) is 7.40. The van der Waals surface area contributed by atoms with Crippen molar-refractivity contribution in [1.29, 1.82) is 0 Å². The molecule has 3 aromatic rings. The smallest absolute Gasteiger partial charge is 0.266 e. The molecule has 0 saturated carbocycles. The van der Waals surface area contributed by atoms with E-state index in [4.69, 9.17) is 4.74 Å². The highest BCUT2D eigenvalue weighted by molar-refractivity contribution is 6.24. The van der Waals surface area contributed by atoms with Gasteiger partial charge in [0.25, 0.3) is 11.8 Å². The summed E-state index contributed by atoms with van der Waals surface area (Å²) in [7, 11) is 0. The van der Waals surface area contributed by atoms with Crippen LogP contribution in [0.15, 0.2) is 72.9 Å². The molecule has 2 aliphatic rings. The lowest BCUT2D eigenvalue weighted by Gasteiger charge is -2.29. The van der Waals surface area contributed by atoms with E-state index in [0.29, 0.717) is 24.3 Å². The first kappa shape index (κ1) is 19.1. The fourth-order valence-corrected chi connectivity index (χ4v) is 4.17. The lowest BCUT2D eigenvalue weighted by molar-refractivity contribution is -0.125. The van der Waals surface area contributed by atoms with Crippen LogP contribution in [-0.2, 0) is 11.4 Å². The Hall–Kier alpha value is -3.93. The Labute approximate surface area is 179 Å². The van der Waals surface area contributed by atoms with E-state index in [1.165, 1.54) is 0 Å². The summed E-state index contributed by atoms with van der Waals surface area (Å²) in [5, 5.41) is 4.88. The molecule has 1 atom stereocenters. The molecule has 1 N–H and O–H groups in total. The van der Waals surface area contributed by atoms with Gasteiger partial charge in [0.15, 0.2) is 0 Å². The van der Waals surface area contributed by atoms with Crippen molar-refractivity contribution in [3.63, 3.8) is 0 Å². The highest BCUT2D eigenvalue weighted by atomic mass is 16.5. The number of nitrogens with one attached hydrogen (secondary N) is 1. The third kappa shape index (κ3) is 3.26. The molecule has 1 fully saturated rings. The third-order valence-corrected chi connectivity index (χ3v) is 5.75. The van der Waals surface area contributed by atoms with Crippen molar-refractivity contribution in [2.45, 2.75) is 25.5 Å². The van der Waals surface area contributed by atoms with Crippen molar-refractivity contribution in [2.24, 2.45) is 0 Å². The number of amides is 3. The van der Waals surface area contributed by atoms with Gasteiger partial charge >= 0.3 is 0 Å². The van der Waals surface area contributed by atoms with Crippen LogP contribution in [0.25, 0.3) is 10.8 Å². The largest absolute Gasteiger partial charge is 0.488 e. The molecule has 31 heavy (non-hydrogen) atoms. The molecular weight excluding hydrogens is 392 g/mol. The number of ether oxygens (including phenoxy) is 1. The van der Waals surface area contributed by atoms with Crippen LogP contribution >= 0.6 is 0 Å². The van der Waals surface area contributed by atoms with Crippen LogP contribution in [0.4, 0.5) is 0 Å². The van der Waals surface area contributed by atoms with E-state index in [-0.39, 0.29) is 23.6 Å². The maximum Gasteiger partial charge on any atom is 0.266 e. The summed E-state index contributed by atoms with van der Waals surface area (Å²) in [5.74, 6) is -1.01. The standard InChI is InChI=1S/C25H20N2O4/c1-15-9-12-20(23(28)26-15)27-24(29)19-7-4-8-21(22(19)25(27)30)31-14-16-10-11-17-5-2-3-6-18(17)13-16/h2-8,10-11,13,20H,1,9,12,14H2,(H,26,28). The van der Waals surface area contributed by atoms with Crippen molar-refractivity contribution in [3.05, 3.63) is 89.6 Å². The summed E-state index contributed by atoms with van der Waals surface area (Å²) in [5.41, 5.74) is 2.02. The molecule has 6 nitrogen and oxygen atoms in total. The molecule has 154 valence electrons. The summed E-state index contributed by atoms with van der Waals surface area (Å²) in [4.78, 5) is 39.6. The topological polar surface area (TPSA) is 75.7 Å². The predicted octanol–water partition coefficient (Wildman–Crippen LogP) is 3.81. The Kier molecular flexibility index (Phi) is 4.55. The van der Waals surface area contributed by atoms with Gasteiger partial charge in [0.2, 0.25) is 5.91 Å². The van der Waals surface area contributed by atoms with Gasteiger partial charge in [-0.3, -0.25) is 19.3 Å². The summed E-state index contributed by atoms with van der Waals surface area (Å²) >= 11 is 0. The van der Waals surface area contributed by atoms with E-state index in [0.717, 1.165) is 21.2 Å². The molecule has 1 unspecified atom stereocenters. The van der Waals surface area contributed by atoms with Gasteiger partial charge < -0.3 is 10.1 Å².